The number of rotatable bonds is 10. The van der Waals surface area contributed by atoms with E-state index in [4.69, 9.17) is 21.1 Å². The Hall–Kier alpha value is -2.10. The van der Waals surface area contributed by atoms with E-state index in [0.717, 1.165) is 15.6 Å². The maximum atomic E-state index is 12.6. The second-order valence-corrected chi connectivity index (χ2v) is 10.2. The molecule has 2 aromatic rings. The first-order chi connectivity index (χ1) is 14.4. The molecule has 30 heavy (non-hydrogen) atoms. The lowest BCUT2D eigenvalue weighted by atomic mass is 10.2. The third-order valence-corrected chi connectivity index (χ3v) is 7.36. The van der Waals surface area contributed by atoms with Crippen molar-refractivity contribution in [3.05, 3.63) is 53.1 Å². The minimum atomic E-state index is -3.64. The number of nitrogens with zero attached hydrogens (tertiary/aromatic N) is 1. The van der Waals surface area contributed by atoms with Gasteiger partial charge in [0.15, 0.2) is 11.5 Å². The number of nitrogens with one attached hydrogen (secondary N) is 1. The smallest absolute Gasteiger partial charge is 0.240 e. The Bertz CT molecular complexity index is 1000. The molecular weight excluding hydrogens is 448 g/mol. The van der Waals surface area contributed by atoms with Gasteiger partial charge in [0.1, 0.15) is 6.54 Å². The highest BCUT2D eigenvalue weighted by Gasteiger charge is 2.25. The summed E-state index contributed by atoms with van der Waals surface area (Å²) < 4.78 is 36.8. The summed E-state index contributed by atoms with van der Waals surface area (Å²) in [7, 11) is -3.64. The molecule has 1 aliphatic rings. The molecule has 0 saturated carbocycles. The fourth-order valence-corrected chi connectivity index (χ4v) is 4.89. The van der Waals surface area contributed by atoms with E-state index in [1.54, 1.807) is 36.9 Å². The Balaban J connectivity index is 1.53. The molecule has 1 N–H and O–H groups in total. The molecule has 1 heterocycles. The molecule has 3 rings (SSSR count). The van der Waals surface area contributed by atoms with Crippen LogP contribution in [0.15, 0.2) is 42.5 Å². The van der Waals surface area contributed by atoms with Crippen molar-refractivity contribution in [1.29, 1.82) is 0 Å². The lowest BCUT2D eigenvalue weighted by Gasteiger charge is -2.23. The van der Waals surface area contributed by atoms with E-state index in [0.29, 0.717) is 34.5 Å². The Morgan fingerprint density at radius 1 is 1.20 bits per heavy atom. The third-order valence-electron chi connectivity index (χ3n) is 4.36. The molecule has 0 bridgehead atoms. The molecule has 0 fully saturated rings. The summed E-state index contributed by atoms with van der Waals surface area (Å²) in [6, 6.07) is 12.5. The van der Waals surface area contributed by atoms with Crippen LogP contribution in [0, 0.1) is 0 Å². The Kier molecular flexibility index (Phi) is 7.74. The first-order valence-electron chi connectivity index (χ1n) is 9.38. The predicted molar refractivity (Wildman–Crippen MR) is 120 cm³/mol. The summed E-state index contributed by atoms with van der Waals surface area (Å²) >= 11 is 7.63. The number of hydrogen-bond donors (Lipinski definition) is 1. The standard InChI is InChI=1S/C20H23ClN2O5S2/c1-2-30(25,26)23(17-6-7-18-19(11-17)28-14-27-18)12-20(24)22-8-9-29-13-15-4-3-5-16(21)10-15/h3-7,10-11H,2,8-9,12-14H2,1H3,(H,22,24). The Morgan fingerprint density at radius 3 is 2.77 bits per heavy atom. The molecule has 0 aromatic heterocycles. The van der Waals surface area contributed by atoms with Crippen molar-refractivity contribution in [1.82, 2.24) is 5.32 Å². The number of thioether (sulfide) groups is 1. The zero-order valence-electron chi connectivity index (χ0n) is 16.5. The van der Waals surface area contributed by atoms with E-state index in [-0.39, 0.29) is 25.0 Å². The molecule has 0 saturated heterocycles. The zero-order chi connectivity index (χ0) is 21.6. The van der Waals surface area contributed by atoms with Crippen LogP contribution in [0.2, 0.25) is 5.02 Å². The van der Waals surface area contributed by atoms with E-state index in [1.165, 1.54) is 0 Å². The van der Waals surface area contributed by atoms with Gasteiger partial charge in [-0.15, -0.1) is 0 Å². The average Bonchev–Trinajstić information content (AvgIpc) is 3.19. The maximum Gasteiger partial charge on any atom is 0.240 e. The van der Waals surface area contributed by atoms with Gasteiger partial charge in [-0.1, -0.05) is 23.7 Å². The van der Waals surface area contributed by atoms with E-state index >= 15 is 0 Å². The SMILES string of the molecule is CCS(=O)(=O)N(CC(=O)NCCSCc1cccc(Cl)c1)c1ccc2c(c1)OCO2. The third kappa shape index (κ3) is 5.96. The van der Waals surface area contributed by atoms with Crippen molar-refractivity contribution in [2.24, 2.45) is 0 Å². The van der Waals surface area contributed by atoms with Gasteiger partial charge < -0.3 is 14.8 Å². The van der Waals surface area contributed by atoms with Gasteiger partial charge in [0.25, 0.3) is 0 Å². The fraction of sp³-hybridized carbons (Fsp3) is 0.350. The highest BCUT2D eigenvalue weighted by Crippen LogP contribution is 2.36. The summed E-state index contributed by atoms with van der Waals surface area (Å²) in [4.78, 5) is 12.4. The van der Waals surface area contributed by atoms with Crippen LogP contribution < -0.4 is 19.1 Å². The van der Waals surface area contributed by atoms with Gasteiger partial charge in [-0.05, 0) is 36.8 Å². The molecule has 10 heteroatoms. The topological polar surface area (TPSA) is 84.9 Å². The van der Waals surface area contributed by atoms with Crippen molar-refractivity contribution in [2.45, 2.75) is 12.7 Å². The van der Waals surface area contributed by atoms with Crippen molar-refractivity contribution < 1.29 is 22.7 Å². The quantitative estimate of drug-likeness (QED) is 0.536. The first kappa shape index (κ1) is 22.6. The maximum absolute atomic E-state index is 12.6. The molecule has 0 atom stereocenters. The normalized spacial score (nSPS) is 12.6. The predicted octanol–water partition coefficient (Wildman–Crippen LogP) is 3.27. The molecule has 0 unspecified atom stereocenters. The highest BCUT2D eigenvalue weighted by atomic mass is 35.5. The van der Waals surface area contributed by atoms with Crippen LogP contribution in [0.3, 0.4) is 0 Å². The molecule has 1 amide bonds. The van der Waals surface area contributed by atoms with Crippen LogP contribution >= 0.6 is 23.4 Å². The van der Waals surface area contributed by atoms with Crippen LogP contribution in [0.1, 0.15) is 12.5 Å². The fourth-order valence-electron chi connectivity index (χ4n) is 2.81. The number of anilines is 1. The second kappa shape index (κ2) is 10.3. The van der Waals surface area contributed by atoms with Crippen LogP contribution in [-0.4, -0.2) is 45.7 Å². The van der Waals surface area contributed by atoms with Gasteiger partial charge in [-0.3, -0.25) is 9.10 Å². The zero-order valence-corrected chi connectivity index (χ0v) is 18.9. The molecular formula is C20H23ClN2O5S2. The van der Waals surface area contributed by atoms with Crippen molar-refractivity contribution in [3.8, 4) is 11.5 Å². The molecule has 0 aliphatic carbocycles. The van der Waals surface area contributed by atoms with Gasteiger partial charge in [0.05, 0.1) is 11.4 Å². The van der Waals surface area contributed by atoms with E-state index in [9.17, 15) is 13.2 Å². The summed E-state index contributed by atoms with van der Waals surface area (Å²) in [6.45, 7) is 1.77. The summed E-state index contributed by atoms with van der Waals surface area (Å²) in [5.74, 6) is 2.00. The van der Waals surface area contributed by atoms with Crippen LogP contribution in [0.5, 0.6) is 11.5 Å². The minimum absolute atomic E-state index is 0.0899. The molecule has 162 valence electrons. The number of fused-ring (bicyclic) bond motifs is 1. The van der Waals surface area contributed by atoms with Crippen molar-refractivity contribution in [2.75, 3.05) is 35.7 Å². The van der Waals surface area contributed by atoms with Gasteiger partial charge in [0.2, 0.25) is 22.7 Å². The Morgan fingerprint density at radius 2 is 2.00 bits per heavy atom. The number of benzene rings is 2. The number of sulfonamides is 1. The number of amides is 1. The van der Waals surface area contributed by atoms with Gasteiger partial charge in [-0.25, -0.2) is 8.42 Å². The summed E-state index contributed by atoms with van der Waals surface area (Å²) in [6.07, 6.45) is 0. The Labute approximate surface area is 185 Å². The van der Waals surface area contributed by atoms with Crippen molar-refractivity contribution in [3.63, 3.8) is 0 Å². The molecule has 0 spiro atoms. The molecule has 1 aliphatic heterocycles. The van der Waals surface area contributed by atoms with Gasteiger partial charge in [0, 0.05) is 29.1 Å². The lowest BCUT2D eigenvalue weighted by molar-refractivity contribution is -0.119. The van der Waals surface area contributed by atoms with E-state index in [2.05, 4.69) is 5.32 Å². The number of carbonyl (C=O) groups is 1. The minimum Gasteiger partial charge on any atom is -0.454 e. The largest absolute Gasteiger partial charge is 0.454 e. The van der Waals surface area contributed by atoms with Crippen LogP contribution in [-0.2, 0) is 20.6 Å². The van der Waals surface area contributed by atoms with E-state index < -0.39 is 10.0 Å². The molecule has 7 nitrogen and oxygen atoms in total. The average molecular weight is 471 g/mol. The second-order valence-electron chi connectivity index (χ2n) is 6.48. The number of carbonyl (C=O) groups excluding carboxylic acids is 1. The van der Waals surface area contributed by atoms with Gasteiger partial charge >= 0.3 is 0 Å². The number of hydrogen-bond acceptors (Lipinski definition) is 6. The summed E-state index contributed by atoms with van der Waals surface area (Å²) in [5.41, 5.74) is 1.48. The molecule has 2 aromatic carbocycles. The van der Waals surface area contributed by atoms with E-state index in [1.807, 2.05) is 24.3 Å². The first-order valence-corrected chi connectivity index (χ1v) is 12.5. The number of halogens is 1. The highest BCUT2D eigenvalue weighted by molar-refractivity contribution is 7.98. The number of ether oxygens (including phenoxy) is 2. The van der Waals surface area contributed by atoms with Crippen molar-refractivity contribution >= 4 is 45.0 Å². The monoisotopic (exact) mass is 470 g/mol. The van der Waals surface area contributed by atoms with Crippen LogP contribution in [0.25, 0.3) is 0 Å². The lowest BCUT2D eigenvalue weighted by Crippen LogP contribution is -2.42. The summed E-state index contributed by atoms with van der Waals surface area (Å²) in [5, 5.41) is 3.48. The van der Waals surface area contributed by atoms with Crippen LogP contribution in [0.4, 0.5) is 5.69 Å². The molecule has 0 radical (unpaired) electrons. The van der Waals surface area contributed by atoms with Gasteiger partial charge in [-0.2, -0.15) is 11.8 Å².